The minimum absolute atomic E-state index is 0.0481. The molecule has 1 amide bonds. The number of fused-ring (bicyclic) bond motifs is 2. The van der Waals surface area contributed by atoms with Crippen LogP contribution >= 0.6 is 0 Å². The van der Waals surface area contributed by atoms with Crippen molar-refractivity contribution in [3.05, 3.63) is 77.5 Å². The second kappa shape index (κ2) is 8.49. The molecular formula is C30H33N3O2. The topological polar surface area (TPSA) is 54.5 Å². The average Bonchev–Trinajstić information content (AvgIpc) is 3.36. The maximum atomic E-state index is 13.6. The number of pyridine rings is 1. The smallest absolute Gasteiger partial charge is 0.252 e. The quantitative estimate of drug-likeness (QED) is 0.491. The summed E-state index contributed by atoms with van der Waals surface area (Å²) in [5.41, 5.74) is 4.54. The van der Waals surface area contributed by atoms with Crippen LogP contribution in [-0.4, -0.2) is 41.0 Å². The number of aromatic nitrogens is 1. The summed E-state index contributed by atoms with van der Waals surface area (Å²) in [4.78, 5) is 20.7. The summed E-state index contributed by atoms with van der Waals surface area (Å²) < 4.78 is 6.32. The maximum Gasteiger partial charge on any atom is 0.252 e. The lowest BCUT2D eigenvalue weighted by atomic mass is 9.95. The van der Waals surface area contributed by atoms with Crippen LogP contribution in [0, 0.1) is 6.92 Å². The molecule has 3 aliphatic rings. The van der Waals surface area contributed by atoms with Gasteiger partial charge in [0.25, 0.3) is 5.91 Å². The van der Waals surface area contributed by atoms with Crippen molar-refractivity contribution in [2.24, 2.45) is 0 Å². The van der Waals surface area contributed by atoms with Gasteiger partial charge in [-0.2, -0.15) is 0 Å². The van der Waals surface area contributed by atoms with Crippen molar-refractivity contribution in [2.75, 3.05) is 19.7 Å². The highest BCUT2D eigenvalue weighted by atomic mass is 16.5. The highest BCUT2D eigenvalue weighted by Crippen LogP contribution is 2.48. The number of amides is 1. The molecule has 3 fully saturated rings. The summed E-state index contributed by atoms with van der Waals surface area (Å²) in [6, 6.07) is 14.2. The number of benzene rings is 2. The van der Waals surface area contributed by atoms with Gasteiger partial charge in [-0.3, -0.25) is 14.7 Å². The van der Waals surface area contributed by atoms with Gasteiger partial charge in [0.1, 0.15) is 12.4 Å². The van der Waals surface area contributed by atoms with Crippen LogP contribution in [-0.2, 0) is 5.54 Å². The van der Waals surface area contributed by atoms with E-state index in [2.05, 4.69) is 33.9 Å². The molecule has 1 saturated carbocycles. The molecule has 2 saturated heterocycles. The number of rotatable bonds is 7. The lowest BCUT2D eigenvalue weighted by molar-refractivity contribution is 0.0928. The van der Waals surface area contributed by atoms with Crippen molar-refractivity contribution in [3.8, 4) is 5.75 Å². The maximum absolute atomic E-state index is 13.6. The molecule has 1 aliphatic carbocycles. The molecule has 3 heterocycles. The third-order valence-corrected chi connectivity index (χ3v) is 8.37. The predicted molar refractivity (Wildman–Crippen MR) is 140 cm³/mol. The minimum atomic E-state index is -0.367. The van der Waals surface area contributed by atoms with Crippen molar-refractivity contribution >= 4 is 22.9 Å². The van der Waals surface area contributed by atoms with Gasteiger partial charge in [-0.1, -0.05) is 24.8 Å². The van der Waals surface area contributed by atoms with E-state index in [4.69, 9.17) is 4.74 Å². The van der Waals surface area contributed by atoms with Crippen LogP contribution in [0.1, 0.15) is 65.6 Å². The van der Waals surface area contributed by atoms with E-state index >= 15 is 0 Å². The summed E-state index contributed by atoms with van der Waals surface area (Å²) >= 11 is 0. The first kappa shape index (κ1) is 22.3. The van der Waals surface area contributed by atoms with Gasteiger partial charge in [-0.25, -0.2) is 0 Å². The molecule has 6 rings (SSSR count). The van der Waals surface area contributed by atoms with E-state index in [0.717, 1.165) is 46.2 Å². The third kappa shape index (κ3) is 3.92. The van der Waals surface area contributed by atoms with Crippen LogP contribution in [0.3, 0.4) is 0 Å². The van der Waals surface area contributed by atoms with Gasteiger partial charge < -0.3 is 10.1 Å². The number of aryl methyl sites for hydroxylation is 1. The molecule has 2 aromatic carbocycles. The zero-order valence-electron chi connectivity index (χ0n) is 20.5. The Morgan fingerprint density at radius 2 is 1.94 bits per heavy atom. The van der Waals surface area contributed by atoms with Gasteiger partial charge in [0.15, 0.2) is 0 Å². The number of carbonyl (C=O) groups is 1. The van der Waals surface area contributed by atoms with Crippen LogP contribution in [0.2, 0.25) is 0 Å². The summed E-state index contributed by atoms with van der Waals surface area (Å²) in [7, 11) is 0. The number of carbonyl (C=O) groups excluding carboxylic acids is 1. The van der Waals surface area contributed by atoms with Crippen LogP contribution in [0.25, 0.3) is 17.0 Å². The molecule has 35 heavy (non-hydrogen) atoms. The van der Waals surface area contributed by atoms with Gasteiger partial charge in [0, 0.05) is 17.1 Å². The van der Waals surface area contributed by atoms with Gasteiger partial charge in [0.05, 0.1) is 16.6 Å². The summed E-state index contributed by atoms with van der Waals surface area (Å²) in [5, 5.41) is 4.46. The Labute approximate surface area is 207 Å². The Morgan fingerprint density at radius 1 is 1.14 bits per heavy atom. The SMILES string of the molecule is C=Cc1cc(C2(NC(=O)c3cc(OCC45CCCN4CCC5)ccc3C)CC2)c2cccnc2c1. The van der Waals surface area contributed by atoms with Crippen LogP contribution in [0.4, 0.5) is 0 Å². The number of nitrogens with one attached hydrogen (secondary N) is 1. The Kier molecular flexibility index (Phi) is 5.41. The highest BCUT2D eigenvalue weighted by Gasteiger charge is 2.47. The van der Waals surface area contributed by atoms with E-state index in [-0.39, 0.29) is 17.0 Å². The first-order chi connectivity index (χ1) is 17.0. The van der Waals surface area contributed by atoms with Gasteiger partial charge in [0.2, 0.25) is 0 Å². The van der Waals surface area contributed by atoms with Crippen LogP contribution in [0.15, 0.2) is 55.2 Å². The molecule has 0 spiro atoms. The molecular weight excluding hydrogens is 434 g/mol. The van der Waals surface area contributed by atoms with E-state index in [1.54, 1.807) is 0 Å². The minimum Gasteiger partial charge on any atom is -0.492 e. The van der Waals surface area contributed by atoms with E-state index in [1.807, 2.05) is 49.5 Å². The Bertz CT molecular complexity index is 1300. The fraction of sp³-hybridized carbons (Fsp3) is 0.400. The zero-order chi connectivity index (χ0) is 24.0. The monoisotopic (exact) mass is 467 g/mol. The van der Waals surface area contributed by atoms with Gasteiger partial charge >= 0.3 is 0 Å². The van der Waals surface area contributed by atoms with E-state index in [1.165, 1.54) is 38.8 Å². The molecule has 0 atom stereocenters. The largest absolute Gasteiger partial charge is 0.492 e. The zero-order valence-corrected chi connectivity index (χ0v) is 20.5. The molecule has 0 unspecified atom stereocenters. The molecule has 180 valence electrons. The molecule has 0 bridgehead atoms. The molecule has 3 aromatic rings. The molecule has 1 aromatic heterocycles. The van der Waals surface area contributed by atoms with Gasteiger partial charge in [-0.05, 0) is 106 Å². The lowest BCUT2D eigenvalue weighted by Gasteiger charge is -2.31. The Balaban J connectivity index is 1.24. The van der Waals surface area contributed by atoms with Crippen molar-refractivity contribution < 1.29 is 9.53 Å². The van der Waals surface area contributed by atoms with Crippen molar-refractivity contribution in [3.63, 3.8) is 0 Å². The molecule has 2 aliphatic heterocycles. The first-order valence-corrected chi connectivity index (χ1v) is 12.8. The standard InChI is InChI=1S/C30H33N3O2/c1-3-22-17-26(24-7-4-14-31-27(24)18-22)30(12-13-30)32-28(34)25-19-23(9-8-21(25)2)35-20-29-10-5-15-33(29)16-6-11-29/h3-4,7-9,14,17-19H,1,5-6,10-13,15-16,20H2,2H3,(H,32,34). The van der Waals surface area contributed by atoms with E-state index in [9.17, 15) is 4.79 Å². The lowest BCUT2D eigenvalue weighted by Crippen LogP contribution is -2.43. The summed E-state index contributed by atoms with van der Waals surface area (Å²) in [6.45, 7) is 9.01. The highest BCUT2D eigenvalue weighted by molar-refractivity contribution is 5.97. The normalized spacial score (nSPS) is 19.9. The third-order valence-electron chi connectivity index (χ3n) is 8.37. The summed E-state index contributed by atoms with van der Waals surface area (Å²) in [6.07, 6.45) is 10.4. The number of hydrogen-bond donors (Lipinski definition) is 1. The van der Waals surface area contributed by atoms with E-state index < -0.39 is 0 Å². The van der Waals surface area contributed by atoms with Crippen LogP contribution < -0.4 is 10.1 Å². The Hall–Kier alpha value is -3.18. The summed E-state index contributed by atoms with van der Waals surface area (Å²) in [5.74, 6) is 0.732. The van der Waals surface area contributed by atoms with Crippen LogP contribution in [0.5, 0.6) is 5.75 Å². The Morgan fingerprint density at radius 3 is 2.69 bits per heavy atom. The molecule has 5 nitrogen and oxygen atoms in total. The molecule has 5 heteroatoms. The van der Waals surface area contributed by atoms with E-state index in [0.29, 0.717) is 12.2 Å². The van der Waals surface area contributed by atoms with Crippen molar-refractivity contribution in [2.45, 2.75) is 56.5 Å². The number of nitrogens with zero attached hydrogens (tertiary/aromatic N) is 2. The number of hydrogen-bond acceptors (Lipinski definition) is 4. The fourth-order valence-electron chi connectivity index (χ4n) is 6.20. The average molecular weight is 468 g/mol. The number of ether oxygens (including phenoxy) is 1. The second-order valence-corrected chi connectivity index (χ2v) is 10.6. The first-order valence-electron chi connectivity index (χ1n) is 12.8. The van der Waals surface area contributed by atoms with Crippen molar-refractivity contribution in [1.29, 1.82) is 0 Å². The fourth-order valence-corrected chi connectivity index (χ4v) is 6.20. The molecule has 0 radical (unpaired) electrons. The molecule has 1 N–H and O–H groups in total. The van der Waals surface area contributed by atoms with Crippen molar-refractivity contribution in [1.82, 2.24) is 15.2 Å². The predicted octanol–water partition coefficient (Wildman–Crippen LogP) is 5.61. The second-order valence-electron chi connectivity index (χ2n) is 10.6. The van der Waals surface area contributed by atoms with Gasteiger partial charge in [-0.15, -0.1) is 0 Å².